The maximum Gasteiger partial charge on any atom is 0.326 e. The summed E-state index contributed by atoms with van der Waals surface area (Å²) in [6.07, 6.45) is 0.182. The molecule has 1 atom stereocenters. The van der Waals surface area contributed by atoms with Crippen molar-refractivity contribution in [1.29, 1.82) is 0 Å². The second-order valence-electron chi connectivity index (χ2n) is 5.78. The summed E-state index contributed by atoms with van der Waals surface area (Å²) in [6, 6.07) is 2.67. The summed E-state index contributed by atoms with van der Waals surface area (Å²) in [7, 11) is 0. The second-order valence-corrected chi connectivity index (χ2v) is 6.18. The predicted molar refractivity (Wildman–Crippen MR) is 87.1 cm³/mol. The molecule has 6 nitrogen and oxygen atoms in total. The molecule has 0 aliphatic rings. The van der Waals surface area contributed by atoms with Gasteiger partial charge in [0.1, 0.15) is 11.9 Å². The third kappa shape index (κ3) is 6.95. The van der Waals surface area contributed by atoms with E-state index in [0.29, 0.717) is 12.0 Å². The second kappa shape index (κ2) is 9.22. The number of aliphatic carboxylic acids is 1. The van der Waals surface area contributed by atoms with E-state index in [4.69, 9.17) is 16.7 Å². The summed E-state index contributed by atoms with van der Waals surface area (Å²) >= 11 is 5.82. The molecule has 24 heavy (non-hydrogen) atoms. The van der Waals surface area contributed by atoms with Gasteiger partial charge in [-0.25, -0.2) is 9.18 Å². The molecular weight excluding hydrogens is 339 g/mol. The highest BCUT2D eigenvalue weighted by molar-refractivity contribution is 6.31. The van der Waals surface area contributed by atoms with Gasteiger partial charge in [0.2, 0.25) is 11.8 Å². The third-order valence-electron chi connectivity index (χ3n) is 3.15. The van der Waals surface area contributed by atoms with Gasteiger partial charge in [-0.15, -0.1) is 0 Å². The molecular formula is C16H20ClFN2O4. The van der Waals surface area contributed by atoms with E-state index in [1.807, 2.05) is 13.8 Å². The Balaban J connectivity index is 2.48. The number of benzene rings is 1. The molecule has 0 radical (unpaired) electrons. The Morgan fingerprint density at radius 3 is 2.46 bits per heavy atom. The predicted octanol–water partition coefficient (Wildman–Crippen LogP) is 1.75. The molecule has 0 unspecified atom stereocenters. The number of nitrogens with one attached hydrogen (secondary N) is 2. The molecule has 0 aliphatic carbocycles. The monoisotopic (exact) mass is 358 g/mol. The van der Waals surface area contributed by atoms with E-state index in [-0.39, 0.29) is 23.9 Å². The van der Waals surface area contributed by atoms with Crippen molar-refractivity contribution in [2.75, 3.05) is 6.54 Å². The van der Waals surface area contributed by atoms with Gasteiger partial charge in [0.25, 0.3) is 0 Å². The lowest BCUT2D eigenvalue weighted by Gasteiger charge is -2.16. The number of hydrogen-bond donors (Lipinski definition) is 3. The van der Waals surface area contributed by atoms with Gasteiger partial charge in [0.15, 0.2) is 0 Å². The quantitative estimate of drug-likeness (QED) is 0.659. The fourth-order valence-electron chi connectivity index (χ4n) is 2.02. The Hall–Kier alpha value is -2.15. The number of carboxylic acid groups (broad SMARTS) is 1. The third-order valence-corrected chi connectivity index (χ3v) is 3.50. The van der Waals surface area contributed by atoms with Crippen LogP contribution in [0.5, 0.6) is 0 Å². The molecule has 0 aliphatic heterocycles. The van der Waals surface area contributed by atoms with E-state index in [0.717, 1.165) is 6.07 Å². The molecule has 0 saturated heterocycles. The Labute approximate surface area is 144 Å². The summed E-state index contributed by atoms with van der Waals surface area (Å²) in [6.45, 7) is 3.34. The van der Waals surface area contributed by atoms with Crippen LogP contribution in [0.2, 0.25) is 5.02 Å². The lowest BCUT2D eigenvalue weighted by molar-refractivity contribution is -0.142. The van der Waals surface area contributed by atoms with E-state index in [1.165, 1.54) is 12.1 Å². The van der Waals surface area contributed by atoms with Crippen molar-refractivity contribution < 1.29 is 23.9 Å². The van der Waals surface area contributed by atoms with Crippen LogP contribution >= 0.6 is 11.6 Å². The van der Waals surface area contributed by atoms with E-state index in [2.05, 4.69) is 10.6 Å². The maximum atomic E-state index is 12.9. The number of carbonyl (C=O) groups excluding carboxylic acids is 2. The van der Waals surface area contributed by atoms with E-state index in [9.17, 15) is 18.8 Å². The smallest absolute Gasteiger partial charge is 0.326 e. The first-order valence-electron chi connectivity index (χ1n) is 7.41. The molecule has 0 heterocycles. The standard InChI is InChI=1S/C16H20ClFN2O4/c1-9(2)5-13(16(23)24)20-15(22)8-19-14(21)6-10-3-4-11(18)7-12(10)17/h3-4,7,9,13H,5-6,8H2,1-2H3,(H,19,21)(H,20,22)(H,23,24)/t13-/m0/s1. The summed E-state index contributed by atoms with van der Waals surface area (Å²) in [4.78, 5) is 34.6. The zero-order valence-electron chi connectivity index (χ0n) is 13.4. The molecule has 1 aromatic rings. The molecule has 8 heteroatoms. The van der Waals surface area contributed by atoms with Gasteiger partial charge >= 0.3 is 5.97 Å². The number of hydrogen-bond acceptors (Lipinski definition) is 3. The van der Waals surface area contributed by atoms with Crippen LogP contribution in [-0.4, -0.2) is 35.5 Å². The number of rotatable bonds is 8. The Bertz CT molecular complexity index is 622. The van der Waals surface area contributed by atoms with Gasteiger partial charge in [-0.3, -0.25) is 9.59 Å². The van der Waals surface area contributed by atoms with Crippen LogP contribution in [0, 0.1) is 11.7 Å². The van der Waals surface area contributed by atoms with Gasteiger partial charge in [0.05, 0.1) is 13.0 Å². The molecule has 132 valence electrons. The molecule has 2 amide bonds. The summed E-state index contributed by atoms with van der Waals surface area (Å²) < 4.78 is 12.9. The minimum Gasteiger partial charge on any atom is -0.480 e. The lowest BCUT2D eigenvalue weighted by Crippen LogP contribution is -2.46. The largest absolute Gasteiger partial charge is 0.480 e. The average Bonchev–Trinajstić information content (AvgIpc) is 2.47. The highest BCUT2D eigenvalue weighted by atomic mass is 35.5. The van der Waals surface area contributed by atoms with Crippen LogP contribution < -0.4 is 10.6 Å². The average molecular weight is 359 g/mol. The van der Waals surface area contributed by atoms with E-state index >= 15 is 0 Å². The number of carboxylic acids is 1. The highest BCUT2D eigenvalue weighted by Gasteiger charge is 2.21. The van der Waals surface area contributed by atoms with Crippen molar-refractivity contribution in [3.05, 3.63) is 34.6 Å². The van der Waals surface area contributed by atoms with E-state index in [1.54, 1.807) is 0 Å². The van der Waals surface area contributed by atoms with Crippen molar-refractivity contribution in [1.82, 2.24) is 10.6 Å². The topological polar surface area (TPSA) is 95.5 Å². The Kier molecular flexibility index (Phi) is 7.64. The van der Waals surface area contributed by atoms with Crippen molar-refractivity contribution >= 4 is 29.4 Å². The molecule has 0 fully saturated rings. The molecule has 0 spiro atoms. The number of carbonyl (C=O) groups is 3. The molecule has 0 aromatic heterocycles. The van der Waals surface area contributed by atoms with Gasteiger partial charge < -0.3 is 15.7 Å². The zero-order valence-corrected chi connectivity index (χ0v) is 14.2. The van der Waals surface area contributed by atoms with Crippen LogP contribution in [0.4, 0.5) is 4.39 Å². The Morgan fingerprint density at radius 2 is 1.92 bits per heavy atom. The SMILES string of the molecule is CC(C)C[C@H](NC(=O)CNC(=O)Cc1ccc(F)cc1Cl)C(=O)O. The van der Waals surface area contributed by atoms with Gasteiger partial charge in [-0.2, -0.15) is 0 Å². The van der Waals surface area contributed by atoms with Crippen molar-refractivity contribution in [3.8, 4) is 0 Å². The first-order chi connectivity index (χ1) is 11.2. The summed E-state index contributed by atoms with van der Waals surface area (Å²) in [5.41, 5.74) is 0.430. The summed E-state index contributed by atoms with van der Waals surface area (Å²) in [5.74, 6) is -2.60. The fourth-order valence-corrected chi connectivity index (χ4v) is 2.25. The van der Waals surface area contributed by atoms with Crippen LogP contribution in [-0.2, 0) is 20.8 Å². The van der Waals surface area contributed by atoms with Crippen molar-refractivity contribution in [2.45, 2.75) is 32.7 Å². The maximum absolute atomic E-state index is 12.9. The number of halogens is 2. The zero-order chi connectivity index (χ0) is 18.3. The Morgan fingerprint density at radius 1 is 1.25 bits per heavy atom. The van der Waals surface area contributed by atoms with Crippen LogP contribution in [0.25, 0.3) is 0 Å². The first kappa shape index (κ1) is 19.9. The molecule has 0 saturated carbocycles. The van der Waals surface area contributed by atoms with Crippen molar-refractivity contribution in [2.24, 2.45) is 5.92 Å². The van der Waals surface area contributed by atoms with Gasteiger partial charge in [-0.05, 0) is 30.0 Å². The number of amides is 2. The normalized spacial score (nSPS) is 11.9. The lowest BCUT2D eigenvalue weighted by atomic mass is 10.0. The fraction of sp³-hybridized carbons (Fsp3) is 0.438. The molecule has 1 aromatic carbocycles. The van der Waals surface area contributed by atoms with E-state index < -0.39 is 29.6 Å². The van der Waals surface area contributed by atoms with Gasteiger partial charge in [-0.1, -0.05) is 31.5 Å². The van der Waals surface area contributed by atoms with Crippen molar-refractivity contribution in [3.63, 3.8) is 0 Å². The van der Waals surface area contributed by atoms with Crippen LogP contribution in [0.15, 0.2) is 18.2 Å². The van der Waals surface area contributed by atoms with Crippen LogP contribution in [0.1, 0.15) is 25.8 Å². The first-order valence-corrected chi connectivity index (χ1v) is 7.79. The minimum absolute atomic E-state index is 0.0987. The molecule has 3 N–H and O–H groups in total. The van der Waals surface area contributed by atoms with Crippen LogP contribution in [0.3, 0.4) is 0 Å². The molecule has 1 rings (SSSR count). The molecule has 0 bridgehead atoms. The highest BCUT2D eigenvalue weighted by Crippen LogP contribution is 2.17. The summed E-state index contributed by atoms with van der Waals surface area (Å²) in [5, 5.41) is 13.9. The minimum atomic E-state index is -1.12. The van der Waals surface area contributed by atoms with Gasteiger partial charge in [0, 0.05) is 5.02 Å².